The van der Waals surface area contributed by atoms with Gasteiger partial charge in [-0.1, -0.05) is 34.6 Å². The standard InChI is InChI=1S/C17H36N2O2/c1-6-17(7-2,13-20)12-19-15(21)9-8-14(10-11-18)16(3,4)5/h14,20H,6-13,18H2,1-5H3,(H,19,21). The summed E-state index contributed by atoms with van der Waals surface area (Å²) >= 11 is 0. The maximum absolute atomic E-state index is 12.0. The van der Waals surface area contributed by atoms with Crippen LogP contribution in [-0.4, -0.2) is 30.7 Å². The topological polar surface area (TPSA) is 75.3 Å². The number of rotatable bonds is 10. The molecule has 1 atom stereocenters. The molecule has 0 radical (unpaired) electrons. The second kappa shape index (κ2) is 9.42. The summed E-state index contributed by atoms with van der Waals surface area (Å²) in [6.07, 6.45) is 4.12. The molecule has 4 N–H and O–H groups in total. The van der Waals surface area contributed by atoms with Crippen LogP contribution in [0.1, 0.15) is 66.7 Å². The van der Waals surface area contributed by atoms with E-state index in [0.29, 0.717) is 25.4 Å². The summed E-state index contributed by atoms with van der Waals surface area (Å²) in [5, 5.41) is 12.5. The van der Waals surface area contributed by atoms with Gasteiger partial charge in [0.25, 0.3) is 0 Å². The molecule has 1 amide bonds. The van der Waals surface area contributed by atoms with Crippen molar-refractivity contribution in [2.45, 2.75) is 66.7 Å². The molecule has 0 aliphatic rings. The van der Waals surface area contributed by atoms with Crippen molar-refractivity contribution in [1.29, 1.82) is 0 Å². The Hall–Kier alpha value is -0.610. The van der Waals surface area contributed by atoms with Crippen molar-refractivity contribution in [1.82, 2.24) is 5.32 Å². The van der Waals surface area contributed by atoms with Gasteiger partial charge >= 0.3 is 0 Å². The van der Waals surface area contributed by atoms with Crippen molar-refractivity contribution in [2.24, 2.45) is 22.5 Å². The van der Waals surface area contributed by atoms with E-state index in [1.54, 1.807) is 0 Å². The van der Waals surface area contributed by atoms with Crippen LogP contribution in [-0.2, 0) is 4.79 Å². The quantitative estimate of drug-likeness (QED) is 0.580. The maximum Gasteiger partial charge on any atom is 0.220 e. The fourth-order valence-electron chi connectivity index (χ4n) is 2.67. The molecule has 1 unspecified atom stereocenters. The monoisotopic (exact) mass is 300 g/mol. The Morgan fingerprint density at radius 2 is 1.76 bits per heavy atom. The number of amides is 1. The van der Waals surface area contributed by atoms with Gasteiger partial charge < -0.3 is 16.2 Å². The number of aliphatic hydroxyl groups excluding tert-OH is 1. The zero-order chi connectivity index (χ0) is 16.5. The molecule has 4 heteroatoms. The summed E-state index contributed by atoms with van der Waals surface area (Å²) in [5.41, 5.74) is 5.69. The smallest absolute Gasteiger partial charge is 0.220 e. The van der Waals surface area contributed by atoms with Gasteiger partial charge in [0.1, 0.15) is 0 Å². The van der Waals surface area contributed by atoms with Crippen LogP contribution >= 0.6 is 0 Å². The number of carbonyl (C=O) groups excluding carboxylic acids is 1. The van der Waals surface area contributed by atoms with E-state index in [4.69, 9.17) is 5.73 Å². The number of aliphatic hydroxyl groups is 1. The van der Waals surface area contributed by atoms with Crippen LogP contribution in [0.3, 0.4) is 0 Å². The molecular weight excluding hydrogens is 264 g/mol. The summed E-state index contributed by atoms with van der Waals surface area (Å²) in [6.45, 7) is 12.1. The average molecular weight is 300 g/mol. The molecule has 0 fully saturated rings. The summed E-state index contributed by atoms with van der Waals surface area (Å²) in [7, 11) is 0. The lowest BCUT2D eigenvalue weighted by atomic mass is 9.76. The van der Waals surface area contributed by atoms with E-state index in [1.807, 2.05) is 0 Å². The van der Waals surface area contributed by atoms with Gasteiger partial charge in [-0.2, -0.15) is 0 Å². The minimum Gasteiger partial charge on any atom is -0.396 e. The first-order valence-corrected chi connectivity index (χ1v) is 8.32. The van der Waals surface area contributed by atoms with Crippen molar-refractivity contribution in [2.75, 3.05) is 19.7 Å². The number of hydrogen-bond acceptors (Lipinski definition) is 3. The first-order valence-electron chi connectivity index (χ1n) is 8.32. The van der Waals surface area contributed by atoms with E-state index in [1.165, 1.54) is 0 Å². The minimum atomic E-state index is -0.170. The van der Waals surface area contributed by atoms with Gasteiger partial charge in [0.15, 0.2) is 0 Å². The minimum absolute atomic E-state index is 0.0843. The second-order valence-corrected chi connectivity index (χ2v) is 7.32. The fraction of sp³-hybridized carbons (Fsp3) is 0.941. The van der Waals surface area contributed by atoms with Crippen molar-refractivity contribution in [3.8, 4) is 0 Å². The van der Waals surface area contributed by atoms with Crippen LogP contribution in [0.25, 0.3) is 0 Å². The summed E-state index contributed by atoms with van der Waals surface area (Å²) in [6, 6.07) is 0. The molecule has 0 saturated carbocycles. The molecule has 0 bridgehead atoms. The molecule has 4 nitrogen and oxygen atoms in total. The van der Waals surface area contributed by atoms with Gasteiger partial charge in [0, 0.05) is 18.4 Å². The highest BCUT2D eigenvalue weighted by atomic mass is 16.3. The second-order valence-electron chi connectivity index (χ2n) is 7.32. The number of nitrogens with one attached hydrogen (secondary N) is 1. The van der Waals surface area contributed by atoms with Crippen molar-refractivity contribution in [3.05, 3.63) is 0 Å². The molecule has 0 rings (SSSR count). The maximum atomic E-state index is 12.0. The Labute approximate surface area is 130 Å². The van der Waals surface area contributed by atoms with Gasteiger partial charge in [0.2, 0.25) is 5.91 Å². The number of hydrogen-bond donors (Lipinski definition) is 3. The normalized spacial score (nSPS) is 14.0. The Morgan fingerprint density at radius 1 is 1.19 bits per heavy atom. The molecule has 0 aromatic carbocycles. The van der Waals surface area contributed by atoms with Crippen LogP contribution in [0.5, 0.6) is 0 Å². The molecule has 21 heavy (non-hydrogen) atoms. The molecule has 0 aromatic heterocycles. The molecule has 126 valence electrons. The van der Waals surface area contributed by atoms with E-state index in [2.05, 4.69) is 39.9 Å². The van der Waals surface area contributed by atoms with Crippen LogP contribution in [0.2, 0.25) is 0 Å². The molecule has 0 saturated heterocycles. The lowest BCUT2D eigenvalue weighted by Gasteiger charge is -2.31. The zero-order valence-corrected chi connectivity index (χ0v) is 14.7. The predicted molar refractivity (Wildman–Crippen MR) is 89.0 cm³/mol. The molecule has 0 spiro atoms. The van der Waals surface area contributed by atoms with E-state index in [9.17, 15) is 9.90 Å². The third kappa shape index (κ3) is 7.28. The van der Waals surface area contributed by atoms with Crippen LogP contribution < -0.4 is 11.1 Å². The predicted octanol–water partition coefficient (Wildman–Crippen LogP) is 2.69. The number of nitrogens with two attached hydrogens (primary N) is 1. The Balaban J connectivity index is 4.31. The highest BCUT2D eigenvalue weighted by Crippen LogP contribution is 2.32. The summed E-state index contributed by atoms with van der Waals surface area (Å²) in [4.78, 5) is 12.0. The third-order valence-corrected chi connectivity index (χ3v) is 4.96. The number of carbonyl (C=O) groups is 1. The van der Waals surface area contributed by atoms with E-state index in [-0.39, 0.29) is 23.3 Å². The molecule has 0 aliphatic heterocycles. The van der Waals surface area contributed by atoms with E-state index >= 15 is 0 Å². The van der Waals surface area contributed by atoms with Gasteiger partial charge in [-0.15, -0.1) is 0 Å². The lowest BCUT2D eigenvalue weighted by Crippen LogP contribution is -2.39. The average Bonchev–Trinajstić information content (AvgIpc) is 2.44. The van der Waals surface area contributed by atoms with E-state index < -0.39 is 0 Å². The lowest BCUT2D eigenvalue weighted by molar-refractivity contribution is -0.122. The first kappa shape index (κ1) is 20.4. The Morgan fingerprint density at radius 3 is 2.14 bits per heavy atom. The largest absolute Gasteiger partial charge is 0.396 e. The van der Waals surface area contributed by atoms with Crippen LogP contribution in [0.15, 0.2) is 0 Å². The van der Waals surface area contributed by atoms with Gasteiger partial charge in [-0.3, -0.25) is 4.79 Å². The summed E-state index contributed by atoms with van der Waals surface area (Å²) < 4.78 is 0. The van der Waals surface area contributed by atoms with Crippen molar-refractivity contribution < 1.29 is 9.90 Å². The van der Waals surface area contributed by atoms with E-state index in [0.717, 1.165) is 25.7 Å². The SMILES string of the molecule is CCC(CC)(CO)CNC(=O)CCC(CCN)C(C)(C)C. The molecule has 0 aliphatic carbocycles. The van der Waals surface area contributed by atoms with Crippen LogP contribution in [0.4, 0.5) is 0 Å². The first-order chi connectivity index (χ1) is 9.74. The highest BCUT2D eigenvalue weighted by Gasteiger charge is 2.27. The summed E-state index contributed by atoms with van der Waals surface area (Å²) in [5.74, 6) is 0.550. The van der Waals surface area contributed by atoms with Crippen molar-refractivity contribution in [3.63, 3.8) is 0 Å². The van der Waals surface area contributed by atoms with Gasteiger partial charge in [0.05, 0.1) is 6.61 Å². The Kier molecular flexibility index (Phi) is 9.14. The molecular formula is C17H36N2O2. The van der Waals surface area contributed by atoms with Gasteiger partial charge in [-0.05, 0) is 43.6 Å². The van der Waals surface area contributed by atoms with Gasteiger partial charge in [-0.25, -0.2) is 0 Å². The third-order valence-electron chi connectivity index (χ3n) is 4.96. The molecule has 0 aromatic rings. The zero-order valence-electron chi connectivity index (χ0n) is 14.7. The Bertz CT molecular complexity index is 285. The van der Waals surface area contributed by atoms with Crippen molar-refractivity contribution >= 4 is 5.91 Å². The molecule has 0 heterocycles. The fourth-order valence-corrected chi connectivity index (χ4v) is 2.67. The highest BCUT2D eigenvalue weighted by molar-refractivity contribution is 5.75. The van der Waals surface area contributed by atoms with Crippen LogP contribution in [0, 0.1) is 16.7 Å².